The van der Waals surface area contributed by atoms with Crippen molar-refractivity contribution >= 4 is 29.9 Å². The summed E-state index contributed by atoms with van der Waals surface area (Å²) in [6.07, 6.45) is 3.62. The summed E-state index contributed by atoms with van der Waals surface area (Å²) >= 11 is 0. The summed E-state index contributed by atoms with van der Waals surface area (Å²) in [5, 5.41) is 6.92. The van der Waals surface area contributed by atoms with Gasteiger partial charge in [0.2, 0.25) is 0 Å². The summed E-state index contributed by atoms with van der Waals surface area (Å²) in [7, 11) is 3.90. The number of methoxy groups -OCH3 is 1. The number of likely N-dealkylation sites (N-methyl/N-ethyl adjacent to an activating group) is 1. The Morgan fingerprint density at radius 2 is 1.96 bits per heavy atom. The molecule has 0 saturated heterocycles. The van der Waals surface area contributed by atoms with Crippen LogP contribution in [0.3, 0.4) is 0 Å². The van der Waals surface area contributed by atoms with Crippen LogP contribution in [0.1, 0.15) is 38.7 Å². The van der Waals surface area contributed by atoms with Crippen LogP contribution in [0, 0.1) is 0 Å². The maximum Gasteiger partial charge on any atom is 0.191 e. The molecule has 0 spiro atoms. The van der Waals surface area contributed by atoms with E-state index < -0.39 is 0 Å². The molecule has 28 heavy (non-hydrogen) atoms. The molecule has 1 atom stereocenters. The number of benzene rings is 1. The molecular weight excluding hydrogens is 467 g/mol. The van der Waals surface area contributed by atoms with Gasteiger partial charge in [0.15, 0.2) is 5.96 Å². The maximum atomic E-state index is 5.41. The fraction of sp³-hybridized carbons (Fsp3) is 0.667. The number of rotatable bonds is 12. The van der Waals surface area contributed by atoms with Gasteiger partial charge in [-0.1, -0.05) is 12.1 Å². The van der Waals surface area contributed by atoms with Crippen molar-refractivity contribution in [1.29, 1.82) is 0 Å². The van der Waals surface area contributed by atoms with Gasteiger partial charge in [0.05, 0.1) is 13.7 Å². The molecule has 0 heterocycles. The number of hydrogen-bond acceptors (Lipinski definition) is 4. The minimum atomic E-state index is 0. The third-order valence-electron chi connectivity index (χ3n) is 4.92. The Balaban J connectivity index is 0.00000392. The fourth-order valence-corrected chi connectivity index (χ4v) is 2.83. The highest BCUT2D eigenvalue weighted by atomic mass is 127. The zero-order valence-corrected chi connectivity index (χ0v) is 20.1. The normalized spacial score (nSPS) is 15.1. The fourth-order valence-electron chi connectivity index (χ4n) is 2.83. The summed E-state index contributed by atoms with van der Waals surface area (Å²) < 4.78 is 10.6. The average Bonchev–Trinajstić information content (AvgIpc) is 3.54. The summed E-state index contributed by atoms with van der Waals surface area (Å²) in [4.78, 5) is 7.21. The van der Waals surface area contributed by atoms with E-state index >= 15 is 0 Å². The van der Waals surface area contributed by atoms with Crippen molar-refractivity contribution < 1.29 is 9.47 Å². The molecule has 6 nitrogen and oxygen atoms in total. The number of aliphatic imine (C=N–C) groups is 1. The highest BCUT2D eigenvalue weighted by Crippen LogP contribution is 2.26. The second-order valence-corrected chi connectivity index (χ2v) is 7.12. The molecule has 0 amide bonds. The van der Waals surface area contributed by atoms with E-state index in [2.05, 4.69) is 41.6 Å². The van der Waals surface area contributed by atoms with E-state index in [-0.39, 0.29) is 24.0 Å². The Bertz CT molecular complexity index is 564. The first-order valence-electron chi connectivity index (χ1n) is 10.1. The molecule has 160 valence electrons. The molecule has 7 heteroatoms. The van der Waals surface area contributed by atoms with Crippen LogP contribution in [0.5, 0.6) is 5.75 Å². The lowest BCUT2D eigenvalue weighted by molar-refractivity contribution is 0.145. The van der Waals surface area contributed by atoms with Crippen molar-refractivity contribution in [1.82, 2.24) is 15.5 Å². The minimum Gasteiger partial charge on any atom is -0.497 e. The van der Waals surface area contributed by atoms with Crippen molar-refractivity contribution in [2.45, 2.75) is 51.7 Å². The highest BCUT2D eigenvalue weighted by Gasteiger charge is 2.28. The van der Waals surface area contributed by atoms with E-state index in [1.165, 1.54) is 12.8 Å². The van der Waals surface area contributed by atoms with E-state index in [1.807, 2.05) is 19.1 Å². The molecule has 0 aliphatic heterocycles. The third-order valence-corrected chi connectivity index (χ3v) is 4.92. The van der Waals surface area contributed by atoms with Gasteiger partial charge >= 0.3 is 0 Å². The van der Waals surface area contributed by atoms with Crippen LogP contribution in [0.2, 0.25) is 0 Å². The van der Waals surface area contributed by atoms with E-state index in [0.717, 1.165) is 56.0 Å². The van der Waals surface area contributed by atoms with Crippen molar-refractivity contribution in [3.63, 3.8) is 0 Å². The number of ether oxygens (including phenoxy) is 2. The molecule has 0 bridgehead atoms. The zero-order chi connectivity index (χ0) is 19.5. The topological polar surface area (TPSA) is 58.1 Å². The molecule has 1 aromatic rings. The van der Waals surface area contributed by atoms with Crippen molar-refractivity contribution in [2.24, 2.45) is 4.99 Å². The molecule has 0 aromatic heterocycles. The molecule has 1 aromatic carbocycles. The van der Waals surface area contributed by atoms with Gasteiger partial charge in [-0.25, -0.2) is 4.99 Å². The van der Waals surface area contributed by atoms with Crippen LogP contribution in [0.25, 0.3) is 0 Å². The monoisotopic (exact) mass is 504 g/mol. The van der Waals surface area contributed by atoms with Gasteiger partial charge in [-0.3, -0.25) is 4.90 Å². The van der Waals surface area contributed by atoms with Crippen LogP contribution in [0.4, 0.5) is 0 Å². The Hall–Kier alpha value is -1.06. The van der Waals surface area contributed by atoms with E-state index in [1.54, 1.807) is 7.11 Å². The van der Waals surface area contributed by atoms with Crippen molar-refractivity contribution in [3.8, 4) is 5.75 Å². The van der Waals surface area contributed by atoms with Crippen LogP contribution in [-0.4, -0.2) is 63.4 Å². The number of guanidine groups is 1. The Labute approximate surface area is 187 Å². The van der Waals surface area contributed by atoms with Gasteiger partial charge < -0.3 is 20.1 Å². The largest absolute Gasteiger partial charge is 0.497 e. The van der Waals surface area contributed by atoms with Crippen LogP contribution in [0.15, 0.2) is 29.3 Å². The van der Waals surface area contributed by atoms with Gasteiger partial charge in [0, 0.05) is 38.4 Å². The molecule has 0 radical (unpaired) electrons. The quantitative estimate of drug-likeness (QED) is 0.198. The SMILES string of the molecule is CCOCCCNC(=NCc1ccc(OC)cc1)NCC(C)N(C)C1CC1.I. The second kappa shape index (κ2) is 14.0. The first-order valence-corrected chi connectivity index (χ1v) is 10.1. The van der Waals surface area contributed by atoms with Crippen molar-refractivity contribution in [3.05, 3.63) is 29.8 Å². The first kappa shape index (κ1) is 25.0. The predicted octanol–water partition coefficient (Wildman–Crippen LogP) is 3.26. The molecule has 1 fully saturated rings. The number of halogens is 1. The summed E-state index contributed by atoms with van der Waals surface area (Å²) in [6, 6.07) is 9.30. The lowest BCUT2D eigenvalue weighted by Crippen LogP contribution is -2.45. The summed E-state index contributed by atoms with van der Waals surface area (Å²) in [5.74, 6) is 1.73. The summed E-state index contributed by atoms with van der Waals surface area (Å²) in [6.45, 7) is 8.19. The molecule has 2 N–H and O–H groups in total. The molecule has 1 saturated carbocycles. The molecule has 1 aliphatic carbocycles. The molecule has 1 aliphatic rings. The van der Waals surface area contributed by atoms with E-state index in [4.69, 9.17) is 14.5 Å². The second-order valence-electron chi connectivity index (χ2n) is 7.12. The van der Waals surface area contributed by atoms with Crippen LogP contribution in [-0.2, 0) is 11.3 Å². The van der Waals surface area contributed by atoms with Crippen LogP contribution < -0.4 is 15.4 Å². The van der Waals surface area contributed by atoms with Gasteiger partial charge in [-0.15, -0.1) is 24.0 Å². The smallest absolute Gasteiger partial charge is 0.191 e. The standard InChI is InChI=1S/C21H36N4O2.HI/c1-5-27-14-6-13-22-21(23-15-17(2)25(3)19-9-10-19)24-16-18-7-11-20(26-4)12-8-18;/h7-8,11-12,17,19H,5-6,9-10,13-16H2,1-4H3,(H2,22,23,24);1H. The lowest BCUT2D eigenvalue weighted by atomic mass is 10.2. The van der Waals surface area contributed by atoms with Gasteiger partial charge in [-0.2, -0.15) is 0 Å². The Morgan fingerprint density at radius 1 is 1.25 bits per heavy atom. The Kier molecular flexibility index (Phi) is 12.5. The predicted molar refractivity (Wildman–Crippen MR) is 127 cm³/mol. The molecule has 1 unspecified atom stereocenters. The van der Waals surface area contributed by atoms with Crippen molar-refractivity contribution in [2.75, 3.05) is 40.5 Å². The van der Waals surface area contributed by atoms with Crippen LogP contribution >= 0.6 is 24.0 Å². The van der Waals surface area contributed by atoms with Gasteiger partial charge in [-0.05, 0) is 57.9 Å². The van der Waals surface area contributed by atoms with Gasteiger partial charge in [0.1, 0.15) is 5.75 Å². The number of hydrogen-bond donors (Lipinski definition) is 2. The van der Waals surface area contributed by atoms with Gasteiger partial charge in [0.25, 0.3) is 0 Å². The van der Waals surface area contributed by atoms with E-state index in [0.29, 0.717) is 12.6 Å². The molecule has 2 rings (SSSR count). The third kappa shape index (κ3) is 9.43. The van der Waals surface area contributed by atoms with E-state index in [9.17, 15) is 0 Å². The maximum absolute atomic E-state index is 5.41. The number of nitrogens with one attached hydrogen (secondary N) is 2. The summed E-state index contributed by atoms with van der Waals surface area (Å²) in [5.41, 5.74) is 1.16. The average molecular weight is 504 g/mol. The molecular formula is C21H37IN4O2. The number of nitrogens with zero attached hydrogens (tertiary/aromatic N) is 2. The minimum absolute atomic E-state index is 0. The Morgan fingerprint density at radius 3 is 2.57 bits per heavy atom. The highest BCUT2D eigenvalue weighted by molar-refractivity contribution is 14.0. The zero-order valence-electron chi connectivity index (χ0n) is 17.7. The lowest BCUT2D eigenvalue weighted by Gasteiger charge is -2.25. The first-order chi connectivity index (χ1) is 13.1.